The highest BCUT2D eigenvalue weighted by molar-refractivity contribution is 14.1. The largest absolute Gasteiger partial charge is 0.272 e. The summed E-state index contributed by atoms with van der Waals surface area (Å²) < 4.78 is 3.22. The molecule has 0 saturated carbocycles. The second-order valence-electron chi connectivity index (χ2n) is 2.69. The molecule has 0 radical (unpaired) electrons. The highest BCUT2D eigenvalue weighted by Crippen LogP contribution is 2.15. The first-order chi connectivity index (χ1) is 5.79. The van der Waals surface area contributed by atoms with Crippen molar-refractivity contribution >= 4 is 33.5 Å². The van der Waals surface area contributed by atoms with E-state index in [4.69, 9.17) is 0 Å². The Bertz CT molecular complexity index is 406. The van der Waals surface area contributed by atoms with E-state index in [2.05, 4.69) is 59.0 Å². The molecule has 0 amide bonds. The van der Waals surface area contributed by atoms with Crippen LogP contribution in [0.4, 0.5) is 0 Å². The van der Waals surface area contributed by atoms with Gasteiger partial charge in [-0.05, 0) is 47.7 Å². The number of aromatic nitrogens is 2. The van der Waals surface area contributed by atoms with Gasteiger partial charge < -0.3 is 0 Å². The van der Waals surface area contributed by atoms with E-state index < -0.39 is 0 Å². The second kappa shape index (κ2) is 3.05. The number of hydrogen-bond donors (Lipinski definition) is 0. The molecule has 0 aliphatic carbocycles. The lowest BCUT2D eigenvalue weighted by atomic mass is 10.3. The van der Waals surface area contributed by atoms with Crippen molar-refractivity contribution in [2.45, 2.75) is 13.5 Å². The fourth-order valence-electron chi connectivity index (χ4n) is 1.21. The van der Waals surface area contributed by atoms with Gasteiger partial charge in [0.15, 0.2) is 0 Å². The number of hydrogen-bond acceptors (Lipinski definition) is 1. The molecule has 1 aromatic heterocycles. The van der Waals surface area contributed by atoms with Crippen LogP contribution >= 0.6 is 22.6 Å². The van der Waals surface area contributed by atoms with E-state index in [-0.39, 0.29) is 0 Å². The molecule has 0 unspecified atom stereocenters. The molecule has 0 bridgehead atoms. The normalized spacial score (nSPS) is 10.8. The molecular formula is C9H9IN2. The van der Waals surface area contributed by atoms with Gasteiger partial charge >= 0.3 is 0 Å². The zero-order chi connectivity index (χ0) is 8.55. The van der Waals surface area contributed by atoms with Crippen LogP contribution in [0.5, 0.6) is 0 Å². The Labute approximate surface area is 84.7 Å². The lowest BCUT2D eigenvalue weighted by Crippen LogP contribution is -1.92. The van der Waals surface area contributed by atoms with Gasteiger partial charge in [-0.1, -0.05) is 0 Å². The van der Waals surface area contributed by atoms with E-state index in [0.717, 1.165) is 12.1 Å². The highest BCUT2D eigenvalue weighted by atomic mass is 127. The van der Waals surface area contributed by atoms with Gasteiger partial charge in [0.05, 0.1) is 5.52 Å². The summed E-state index contributed by atoms with van der Waals surface area (Å²) >= 11 is 2.31. The minimum Gasteiger partial charge on any atom is -0.272 e. The third-order valence-electron chi connectivity index (χ3n) is 1.84. The molecular weight excluding hydrogens is 263 g/mol. The fourth-order valence-corrected chi connectivity index (χ4v) is 1.72. The molecule has 1 aromatic carbocycles. The Hall–Kier alpha value is -0.580. The van der Waals surface area contributed by atoms with E-state index in [1.807, 2.05) is 4.68 Å². The predicted octanol–water partition coefficient (Wildman–Crippen LogP) is 2.66. The van der Waals surface area contributed by atoms with Gasteiger partial charge in [0.2, 0.25) is 0 Å². The number of fused-ring (bicyclic) bond motifs is 1. The summed E-state index contributed by atoms with van der Waals surface area (Å²) in [5, 5.41) is 5.61. The van der Waals surface area contributed by atoms with Crippen molar-refractivity contribution in [1.82, 2.24) is 9.78 Å². The van der Waals surface area contributed by atoms with E-state index in [9.17, 15) is 0 Å². The summed E-state index contributed by atoms with van der Waals surface area (Å²) in [6.07, 6.45) is 2.08. The summed E-state index contributed by atoms with van der Waals surface area (Å²) in [5.74, 6) is 0. The third-order valence-corrected chi connectivity index (χ3v) is 2.51. The first kappa shape index (κ1) is 8.04. The Kier molecular flexibility index (Phi) is 2.04. The Balaban J connectivity index is 2.67. The van der Waals surface area contributed by atoms with Gasteiger partial charge in [0, 0.05) is 21.7 Å². The molecule has 62 valence electrons. The Morgan fingerprint density at radius 2 is 2.33 bits per heavy atom. The van der Waals surface area contributed by atoms with Crippen LogP contribution in [0.25, 0.3) is 10.9 Å². The average molecular weight is 272 g/mol. The summed E-state index contributed by atoms with van der Waals surface area (Å²) in [4.78, 5) is 0. The van der Waals surface area contributed by atoms with Crippen molar-refractivity contribution in [2.75, 3.05) is 0 Å². The van der Waals surface area contributed by atoms with E-state index >= 15 is 0 Å². The fraction of sp³-hybridized carbons (Fsp3) is 0.222. The summed E-state index contributed by atoms with van der Waals surface area (Å²) in [5.41, 5.74) is 1.08. The van der Waals surface area contributed by atoms with Crippen molar-refractivity contribution in [3.63, 3.8) is 0 Å². The highest BCUT2D eigenvalue weighted by Gasteiger charge is 1.98. The third kappa shape index (κ3) is 1.33. The van der Waals surface area contributed by atoms with Crippen molar-refractivity contribution in [3.8, 4) is 0 Å². The standard InChI is InChI=1S/C9H9IN2/c1-2-12-6-7-5-8(10)3-4-9(7)11-12/h3-6H,2H2,1H3. The maximum Gasteiger partial charge on any atom is 0.0924 e. The summed E-state index contributed by atoms with van der Waals surface area (Å²) in [7, 11) is 0. The Morgan fingerprint density at radius 3 is 3.08 bits per heavy atom. The number of halogens is 1. The van der Waals surface area contributed by atoms with Gasteiger partial charge in [-0.2, -0.15) is 5.10 Å². The molecule has 2 rings (SSSR count). The van der Waals surface area contributed by atoms with Gasteiger partial charge in [0.25, 0.3) is 0 Å². The smallest absolute Gasteiger partial charge is 0.0924 e. The molecule has 12 heavy (non-hydrogen) atoms. The maximum absolute atomic E-state index is 4.39. The number of benzene rings is 1. The van der Waals surface area contributed by atoms with Gasteiger partial charge in [0.1, 0.15) is 0 Å². The van der Waals surface area contributed by atoms with Gasteiger partial charge in [-0.25, -0.2) is 0 Å². The summed E-state index contributed by atoms with van der Waals surface area (Å²) in [6, 6.07) is 6.29. The molecule has 2 nitrogen and oxygen atoms in total. The topological polar surface area (TPSA) is 17.8 Å². The SMILES string of the molecule is CCn1cc2cc(I)ccc2n1. The van der Waals surface area contributed by atoms with Crippen LogP contribution in [0.15, 0.2) is 24.4 Å². The summed E-state index contributed by atoms with van der Waals surface area (Å²) in [6.45, 7) is 3.03. The first-order valence-corrected chi connectivity index (χ1v) is 5.00. The number of nitrogens with zero attached hydrogens (tertiary/aromatic N) is 2. The molecule has 0 fully saturated rings. The van der Waals surface area contributed by atoms with Gasteiger partial charge in [-0.3, -0.25) is 4.68 Å². The molecule has 0 saturated heterocycles. The van der Waals surface area contributed by atoms with Crippen LogP contribution < -0.4 is 0 Å². The van der Waals surface area contributed by atoms with Crippen molar-refractivity contribution < 1.29 is 0 Å². The predicted molar refractivity (Wildman–Crippen MR) is 58.1 cm³/mol. The van der Waals surface area contributed by atoms with Crippen molar-refractivity contribution in [3.05, 3.63) is 28.0 Å². The van der Waals surface area contributed by atoms with Crippen molar-refractivity contribution in [2.24, 2.45) is 0 Å². The van der Waals surface area contributed by atoms with Crippen LogP contribution in [-0.4, -0.2) is 9.78 Å². The van der Waals surface area contributed by atoms with Crippen LogP contribution in [0, 0.1) is 3.57 Å². The monoisotopic (exact) mass is 272 g/mol. The lowest BCUT2D eigenvalue weighted by molar-refractivity contribution is 0.668. The quantitative estimate of drug-likeness (QED) is 0.730. The zero-order valence-corrected chi connectivity index (χ0v) is 8.95. The number of aryl methyl sites for hydroxylation is 1. The minimum absolute atomic E-state index is 0.936. The second-order valence-corrected chi connectivity index (χ2v) is 3.93. The molecule has 3 heteroatoms. The molecule has 0 atom stereocenters. The zero-order valence-electron chi connectivity index (χ0n) is 6.79. The van der Waals surface area contributed by atoms with Crippen LogP contribution in [0.2, 0.25) is 0 Å². The van der Waals surface area contributed by atoms with Crippen molar-refractivity contribution in [1.29, 1.82) is 0 Å². The van der Waals surface area contributed by atoms with E-state index in [1.54, 1.807) is 0 Å². The van der Waals surface area contributed by atoms with E-state index in [0.29, 0.717) is 0 Å². The molecule has 0 spiro atoms. The molecule has 0 aliphatic rings. The molecule has 0 aliphatic heterocycles. The Morgan fingerprint density at radius 1 is 1.50 bits per heavy atom. The average Bonchev–Trinajstić information content (AvgIpc) is 2.46. The molecule has 1 heterocycles. The van der Waals surface area contributed by atoms with Crippen LogP contribution in [0.3, 0.4) is 0 Å². The van der Waals surface area contributed by atoms with Crippen LogP contribution in [0.1, 0.15) is 6.92 Å². The maximum atomic E-state index is 4.39. The molecule has 0 N–H and O–H groups in total. The molecule has 2 aromatic rings. The number of rotatable bonds is 1. The first-order valence-electron chi connectivity index (χ1n) is 3.92. The minimum atomic E-state index is 0.936. The van der Waals surface area contributed by atoms with Gasteiger partial charge in [-0.15, -0.1) is 0 Å². The lowest BCUT2D eigenvalue weighted by Gasteiger charge is -1.88. The van der Waals surface area contributed by atoms with Crippen LogP contribution in [-0.2, 0) is 6.54 Å². The van der Waals surface area contributed by atoms with E-state index in [1.165, 1.54) is 8.96 Å².